The molecule has 8 heteroatoms. The Kier molecular flexibility index (Phi) is 7.33. The van der Waals surface area contributed by atoms with Gasteiger partial charge >= 0.3 is 0 Å². The summed E-state index contributed by atoms with van der Waals surface area (Å²) in [6, 6.07) is 16.9. The standard InChI is InChI=1S/C23H28Cl2N6/c24-19-5-1-17(2-6-19)9-13-30(14-10-18-3-7-20(25)8-4-18)21-11-15-31(16-12-21)23-27-22(26)28-29-23/h1-8,21H,9-16H2,(H3,26,27,28,29). The summed E-state index contributed by atoms with van der Waals surface area (Å²) in [7, 11) is 0. The highest BCUT2D eigenvalue weighted by Crippen LogP contribution is 2.22. The fourth-order valence-electron chi connectivity index (χ4n) is 4.16. The number of halogens is 2. The van der Waals surface area contributed by atoms with E-state index in [1.165, 1.54) is 11.1 Å². The van der Waals surface area contributed by atoms with E-state index in [0.717, 1.165) is 61.9 Å². The van der Waals surface area contributed by atoms with E-state index >= 15 is 0 Å². The summed E-state index contributed by atoms with van der Waals surface area (Å²) in [5, 5.41) is 8.50. The highest BCUT2D eigenvalue weighted by atomic mass is 35.5. The van der Waals surface area contributed by atoms with Crippen LogP contribution in [-0.2, 0) is 12.8 Å². The van der Waals surface area contributed by atoms with Crippen LogP contribution in [0.25, 0.3) is 0 Å². The van der Waals surface area contributed by atoms with Crippen LogP contribution in [0.5, 0.6) is 0 Å². The van der Waals surface area contributed by atoms with Gasteiger partial charge in [-0.2, -0.15) is 4.98 Å². The fourth-order valence-corrected chi connectivity index (χ4v) is 4.41. The van der Waals surface area contributed by atoms with E-state index in [0.29, 0.717) is 17.9 Å². The number of rotatable bonds is 8. The minimum absolute atomic E-state index is 0.365. The van der Waals surface area contributed by atoms with Crippen LogP contribution in [0.3, 0.4) is 0 Å². The Balaban J connectivity index is 1.38. The Morgan fingerprint density at radius 3 is 1.87 bits per heavy atom. The molecule has 0 radical (unpaired) electrons. The van der Waals surface area contributed by atoms with Gasteiger partial charge in [0.1, 0.15) is 0 Å². The number of hydrogen-bond acceptors (Lipinski definition) is 5. The van der Waals surface area contributed by atoms with Crippen molar-refractivity contribution in [3.05, 3.63) is 69.7 Å². The molecule has 1 aliphatic rings. The van der Waals surface area contributed by atoms with Crippen LogP contribution >= 0.6 is 23.2 Å². The Morgan fingerprint density at radius 1 is 0.903 bits per heavy atom. The summed E-state index contributed by atoms with van der Waals surface area (Å²) in [4.78, 5) is 9.11. The maximum absolute atomic E-state index is 6.05. The summed E-state index contributed by atoms with van der Waals surface area (Å²) < 4.78 is 0. The molecule has 0 spiro atoms. The average molecular weight is 459 g/mol. The summed E-state index contributed by atoms with van der Waals surface area (Å²) >= 11 is 12.1. The third-order valence-electron chi connectivity index (χ3n) is 5.96. The summed E-state index contributed by atoms with van der Waals surface area (Å²) in [5.74, 6) is 1.06. The molecule has 1 saturated heterocycles. The predicted octanol–water partition coefficient (Wildman–Crippen LogP) is 4.45. The van der Waals surface area contributed by atoms with Gasteiger partial charge in [0.05, 0.1) is 0 Å². The number of nitrogens with one attached hydrogen (secondary N) is 1. The Labute approximate surface area is 193 Å². The molecule has 2 heterocycles. The van der Waals surface area contributed by atoms with Crippen LogP contribution in [0.2, 0.25) is 10.0 Å². The number of aromatic nitrogens is 3. The topological polar surface area (TPSA) is 74.1 Å². The normalized spacial score (nSPS) is 15.0. The summed E-state index contributed by atoms with van der Waals surface area (Å²) in [6.45, 7) is 3.90. The lowest BCUT2D eigenvalue weighted by Gasteiger charge is -2.38. The Hall–Kier alpha value is -2.28. The number of nitrogen functional groups attached to an aromatic ring is 1. The van der Waals surface area contributed by atoms with Crippen LogP contribution in [0.15, 0.2) is 48.5 Å². The van der Waals surface area contributed by atoms with Gasteiger partial charge in [-0.3, -0.25) is 4.90 Å². The SMILES string of the molecule is Nc1nc(N2CCC(N(CCc3ccc(Cl)cc3)CCc3ccc(Cl)cc3)CC2)n[nH]1. The Morgan fingerprint density at radius 2 is 1.42 bits per heavy atom. The lowest BCUT2D eigenvalue weighted by Crippen LogP contribution is -2.46. The third-order valence-corrected chi connectivity index (χ3v) is 6.46. The van der Waals surface area contributed by atoms with Gasteiger partial charge in [0.25, 0.3) is 0 Å². The number of benzene rings is 2. The van der Waals surface area contributed by atoms with Gasteiger partial charge < -0.3 is 10.6 Å². The van der Waals surface area contributed by atoms with Crippen LogP contribution in [-0.4, -0.2) is 52.3 Å². The van der Waals surface area contributed by atoms with E-state index in [1.54, 1.807) is 0 Å². The van der Waals surface area contributed by atoms with Gasteiger partial charge in [-0.15, -0.1) is 5.10 Å². The van der Waals surface area contributed by atoms with Crippen molar-refractivity contribution >= 4 is 35.1 Å². The van der Waals surface area contributed by atoms with Crippen molar-refractivity contribution in [1.29, 1.82) is 0 Å². The molecular formula is C23H28Cl2N6. The van der Waals surface area contributed by atoms with E-state index in [4.69, 9.17) is 28.9 Å². The lowest BCUT2D eigenvalue weighted by atomic mass is 10.0. The summed E-state index contributed by atoms with van der Waals surface area (Å²) in [5.41, 5.74) is 8.32. The number of H-pyrrole nitrogens is 1. The molecule has 31 heavy (non-hydrogen) atoms. The first-order chi connectivity index (χ1) is 15.1. The molecule has 1 aliphatic heterocycles. The number of hydrogen-bond donors (Lipinski definition) is 2. The van der Waals surface area contributed by atoms with Crippen molar-refractivity contribution in [3.8, 4) is 0 Å². The molecule has 0 amide bonds. The van der Waals surface area contributed by atoms with Crippen LogP contribution in [0.4, 0.5) is 11.9 Å². The molecule has 1 aromatic heterocycles. The molecule has 6 nitrogen and oxygen atoms in total. The molecule has 1 fully saturated rings. The van der Waals surface area contributed by atoms with Gasteiger partial charge in [0, 0.05) is 42.3 Å². The highest BCUT2D eigenvalue weighted by molar-refractivity contribution is 6.30. The first kappa shape index (κ1) is 21.9. The zero-order valence-electron chi connectivity index (χ0n) is 17.5. The number of aromatic amines is 1. The van der Waals surface area contributed by atoms with Gasteiger partial charge in [-0.1, -0.05) is 47.5 Å². The lowest BCUT2D eigenvalue weighted by molar-refractivity contribution is 0.172. The van der Waals surface area contributed by atoms with Crippen LogP contribution in [0, 0.1) is 0 Å². The van der Waals surface area contributed by atoms with Crippen molar-refractivity contribution < 1.29 is 0 Å². The first-order valence-corrected chi connectivity index (χ1v) is 11.5. The van der Waals surface area contributed by atoms with Gasteiger partial charge in [0.15, 0.2) is 0 Å². The molecule has 3 aromatic rings. The third kappa shape index (κ3) is 6.12. The Bertz CT molecular complexity index is 899. The second-order valence-corrected chi connectivity index (χ2v) is 8.90. The molecule has 0 unspecified atom stereocenters. The number of piperidine rings is 1. The largest absolute Gasteiger partial charge is 0.368 e. The minimum atomic E-state index is 0.365. The minimum Gasteiger partial charge on any atom is -0.368 e. The van der Waals surface area contributed by atoms with Crippen molar-refractivity contribution in [1.82, 2.24) is 20.1 Å². The number of anilines is 2. The monoisotopic (exact) mass is 458 g/mol. The highest BCUT2D eigenvalue weighted by Gasteiger charge is 2.26. The molecule has 2 aromatic carbocycles. The van der Waals surface area contributed by atoms with Crippen molar-refractivity contribution in [2.45, 2.75) is 31.7 Å². The van der Waals surface area contributed by atoms with E-state index in [9.17, 15) is 0 Å². The van der Waals surface area contributed by atoms with E-state index < -0.39 is 0 Å². The molecule has 0 aliphatic carbocycles. The van der Waals surface area contributed by atoms with Gasteiger partial charge in [-0.25, -0.2) is 5.10 Å². The average Bonchev–Trinajstić information content (AvgIpc) is 3.23. The van der Waals surface area contributed by atoms with E-state index in [2.05, 4.69) is 49.2 Å². The second-order valence-electron chi connectivity index (χ2n) is 8.03. The van der Waals surface area contributed by atoms with Crippen molar-refractivity contribution in [2.75, 3.05) is 36.8 Å². The zero-order chi connectivity index (χ0) is 21.6. The molecule has 0 bridgehead atoms. The predicted molar refractivity (Wildman–Crippen MR) is 128 cm³/mol. The van der Waals surface area contributed by atoms with Gasteiger partial charge in [0.2, 0.25) is 11.9 Å². The van der Waals surface area contributed by atoms with Crippen LogP contribution in [0.1, 0.15) is 24.0 Å². The first-order valence-electron chi connectivity index (χ1n) is 10.7. The number of nitrogens with zero attached hydrogens (tertiary/aromatic N) is 4. The molecule has 0 saturated carbocycles. The second kappa shape index (κ2) is 10.4. The quantitative estimate of drug-likeness (QED) is 0.521. The molecule has 4 rings (SSSR count). The van der Waals surface area contributed by atoms with Crippen LogP contribution < -0.4 is 10.6 Å². The molecular weight excluding hydrogens is 431 g/mol. The fraction of sp³-hybridized carbons (Fsp3) is 0.391. The number of nitrogens with two attached hydrogens (primary N) is 1. The van der Waals surface area contributed by atoms with E-state index in [1.807, 2.05) is 24.3 Å². The molecule has 164 valence electrons. The molecule has 0 atom stereocenters. The molecule has 3 N–H and O–H groups in total. The summed E-state index contributed by atoms with van der Waals surface area (Å²) in [6.07, 6.45) is 4.18. The maximum atomic E-state index is 6.05. The van der Waals surface area contributed by atoms with Crippen molar-refractivity contribution in [2.24, 2.45) is 0 Å². The van der Waals surface area contributed by atoms with E-state index in [-0.39, 0.29) is 0 Å². The van der Waals surface area contributed by atoms with Gasteiger partial charge in [-0.05, 0) is 61.1 Å². The smallest absolute Gasteiger partial charge is 0.246 e. The zero-order valence-corrected chi connectivity index (χ0v) is 19.0. The maximum Gasteiger partial charge on any atom is 0.246 e. The van der Waals surface area contributed by atoms with Crippen molar-refractivity contribution in [3.63, 3.8) is 0 Å².